The van der Waals surface area contributed by atoms with Crippen LogP contribution >= 0.6 is 0 Å². The van der Waals surface area contributed by atoms with E-state index >= 15 is 0 Å². The lowest BCUT2D eigenvalue weighted by molar-refractivity contribution is 0.0937. The fourth-order valence-electron chi connectivity index (χ4n) is 2.72. The summed E-state index contributed by atoms with van der Waals surface area (Å²) in [4.78, 5) is 16.2. The van der Waals surface area contributed by atoms with E-state index in [4.69, 9.17) is 4.52 Å². The molecule has 2 aliphatic rings. The van der Waals surface area contributed by atoms with Crippen molar-refractivity contribution >= 4 is 5.91 Å². The molecule has 2 N–H and O–H groups in total. The van der Waals surface area contributed by atoms with Crippen molar-refractivity contribution in [2.24, 2.45) is 0 Å². The minimum absolute atomic E-state index is 0.158. The molecule has 0 spiro atoms. The van der Waals surface area contributed by atoms with Crippen LogP contribution in [0.15, 0.2) is 4.52 Å². The Kier molecular flexibility index (Phi) is 3.26. The van der Waals surface area contributed by atoms with Crippen molar-refractivity contribution in [1.82, 2.24) is 20.8 Å². The van der Waals surface area contributed by atoms with Gasteiger partial charge >= 0.3 is 0 Å². The first-order valence-corrected chi connectivity index (χ1v) is 7.13. The first-order chi connectivity index (χ1) is 9.23. The molecule has 1 unspecified atom stereocenters. The number of carbonyl (C=O) groups is 1. The van der Waals surface area contributed by atoms with Crippen LogP contribution < -0.4 is 10.6 Å². The Balaban J connectivity index is 1.76. The lowest BCUT2D eigenvalue weighted by atomic mass is 9.92. The van der Waals surface area contributed by atoms with E-state index in [0.717, 1.165) is 45.1 Å². The van der Waals surface area contributed by atoms with Crippen LogP contribution in [0.2, 0.25) is 0 Å². The third-order valence-corrected chi connectivity index (χ3v) is 3.87. The summed E-state index contributed by atoms with van der Waals surface area (Å²) in [6.07, 6.45) is 6.20. The van der Waals surface area contributed by atoms with Gasteiger partial charge in [-0.3, -0.25) is 4.79 Å². The molecular formula is C13H20N4O2. The fourth-order valence-corrected chi connectivity index (χ4v) is 2.72. The maximum absolute atomic E-state index is 11.9. The second-order valence-corrected chi connectivity index (χ2v) is 5.53. The predicted octanol–water partition coefficient (Wildman–Crippen LogP) is 1.34. The smallest absolute Gasteiger partial charge is 0.292 e. The minimum atomic E-state index is -0.222. The van der Waals surface area contributed by atoms with Gasteiger partial charge in [0, 0.05) is 6.04 Å². The molecule has 6 nitrogen and oxygen atoms in total. The van der Waals surface area contributed by atoms with Crippen molar-refractivity contribution in [2.75, 3.05) is 6.54 Å². The van der Waals surface area contributed by atoms with E-state index in [-0.39, 0.29) is 17.3 Å². The van der Waals surface area contributed by atoms with Crippen LogP contribution in [0.3, 0.4) is 0 Å². The first-order valence-electron chi connectivity index (χ1n) is 7.13. The van der Waals surface area contributed by atoms with Gasteiger partial charge in [0.1, 0.15) is 0 Å². The highest BCUT2D eigenvalue weighted by Crippen LogP contribution is 2.34. The zero-order valence-electron chi connectivity index (χ0n) is 11.2. The van der Waals surface area contributed by atoms with Crippen LogP contribution in [0.4, 0.5) is 0 Å². The average Bonchev–Trinajstić information content (AvgIpc) is 2.93. The molecule has 19 heavy (non-hydrogen) atoms. The van der Waals surface area contributed by atoms with Crippen LogP contribution in [-0.4, -0.2) is 28.6 Å². The summed E-state index contributed by atoms with van der Waals surface area (Å²) in [5, 5.41) is 10.2. The molecule has 1 aromatic heterocycles. The largest absolute Gasteiger partial charge is 0.346 e. The molecule has 1 amide bonds. The minimum Gasteiger partial charge on any atom is -0.346 e. The number of rotatable bonds is 5. The van der Waals surface area contributed by atoms with Crippen LogP contribution in [0, 0.1) is 0 Å². The van der Waals surface area contributed by atoms with Gasteiger partial charge in [0.2, 0.25) is 5.89 Å². The Bertz CT molecular complexity index is 461. The molecule has 1 saturated carbocycles. The molecule has 1 saturated heterocycles. The summed E-state index contributed by atoms with van der Waals surface area (Å²) in [5.41, 5.74) is -0.222. The number of nitrogens with one attached hydrogen (secondary N) is 2. The zero-order valence-corrected chi connectivity index (χ0v) is 11.2. The Morgan fingerprint density at radius 2 is 2.42 bits per heavy atom. The molecule has 0 radical (unpaired) electrons. The molecule has 0 aromatic carbocycles. The van der Waals surface area contributed by atoms with Gasteiger partial charge in [-0.25, -0.2) is 0 Å². The molecule has 6 heteroatoms. The van der Waals surface area contributed by atoms with Crippen molar-refractivity contribution in [3.05, 3.63) is 11.7 Å². The van der Waals surface area contributed by atoms with Crippen LogP contribution in [0.1, 0.15) is 62.0 Å². The summed E-state index contributed by atoms with van der Waals surface area (Å²) >= 11 is 0. The maximum atomic E-state index is 11.9. The normalized spacial score (nSPS) is 26.6. The highest BCUT2D eigenvalue weighted by molar-refractivity contribution is 5.90. The summed E-state index contributed by atoms with van der Waals surface area (Å²) in [6, 6.07) is 0.309. The third kappa shape index (κ3) is 2.49. The van der Waals surface area contributed by atoms with Gasteiger partial charge in [-0.15, -0.1) is 0 Å². The van der Waals surface area contributed by atoms with Gasteiger partial charge in [0.15, 0.2) is 0 Å². The first kappa shape index (κ1) is 12.6. The molecule has 0 bridgehead atoms. The second kappa shape index (κ2) is 4.92. The van der Waals surface area contributed by atoms with Crippen LogP contribution in [0.25, 0.3) is 0 Å². The fraction of sp³-hybridized carbons (Fsp3) is 0.769. The summed E-state index contributed by atoms with van der Waals surface area (Å²) in [7, 11) is 0. The summed E-state index contributed by atoms with van der Waals surface area (Å²) < 4.78 is 5.34. The summed E-state index contributed by atoms with van der Waals surface area (Å²) in [6.45, 7) is 3.10. The van der Waals surface area contributed by atoms with E-state index in [2.05, 4.69) is 27.7 Å². The standard InChI is InChI=1S/C13H20N4O2/c1-2-6-13(7-3-8-14-13)12-16-10(17-19-12)11(18)15-9-4-5-9/h9,14H,2-8H2,1H3,(H,15,18). The molecule has 3 rings (SSSR count). The van der Waals surface area contributed by atoms with Gasteiger partial charge < -0.3 is 15.2 Å². The van der Waals surface area contributed by atoms with Crippen molar-refractivity contribution in [1.29, 1.82) is 0 Å². The number of amides is 1. The predicted molar refractivity (Wildman–Crippen MR) is 68.6 cm³/mol. The Hall–Kier alpha value is -1.43. The molecule has 104 valence electrons. The van der Waals surface area contributed by atoms with Crippen molar-refractivity contribution in [2.45, 2.75) is 57.0 Å². The second-order valence-electron chi connectivity index (χ2n) is 5.53. The molecule has 2 heterocycles. The SMILES string of the molecule is CCCC1(c2nc(C(=O)NC3CC3)no2)CCCN1. The number of carbonyl (C=O) groups excluding carboxylic acids is 1. The van der Waals surface area contributed by atoms with Gasteiger partial charge in [0.25, 0.3) is 11.7 Å². The third-order valence-electron chi connectivity index (χ3n) is 3.87. The van der Waals surface area contributed by atoms with E-state index in [0.29, 0.717) is 11.9 Å². The Morgan fingerprint density at radius 1 is 1.58 bits per heavy atom. The lowest BCUT2D eigenvalue weighted by Gasteiger charge is -2.24. The summed E-state index contributed by atoms with van der Waals surface area (Å²) in [5.74, 6) is 0.501. The van der Waals surface area contributed by atoms with E-state index in [9.17, 15) is 4.79 Å². The maximum Gasteiger partial charge on any atom is 0.292 e. The van der Waals surface area contributed by atoms with Crippen molar-refractivity contribution in [3.63, 3.8) is 0 Å². The van der Waals surface area contributed by atoms with E-state index in [1.807, 2.05) is 0 Å². The highest BCUT2D eigenvalue weighted by atomic mass is 16.5. The molecular weight excluding hydrogens is 244 g/mol. The molecule has 1 aliphatic carbocycles. The molecule has 2 fully saturated rings. The van der Waals surface area contributed by atoms with Crippen LogP contribution in [-0.2, 0) is 5.54 Å². The topological polar surface area (TPSA) is 80.1 Å². The van der Waals surface area contributed by atoms with Gasteiger partial charge in [-0.1, -0.05) is 18.5 Å². The van der Waals surface area contributed by atoms with Gasteiger partial charge in [-0.05, 0) is 38.6 Å². The lowest BCUT2D eigenvalue weighted by Crippen LogP contribution is -2.37. The Morgan fingerprint density at radius 3 is 3.05 bits per heavy atom. The molecule has 1 atom stereocenters. The molecule has 1 aromatic rings. The van der Waals surface area contributed by atoms with E-state index in [1.165, 1.54) is 0 Å². The number of nitrogens with zero attached hydrogens (tertiary/aromatic N) is 2. The number of hydrogen-bond donors (Lipinski definition) is 2. The highest BCUT2D eigenvalue weighted by Gasteiger charge is 2.40. The zero-order chi connectivity index (χ0) is 13.3. The Labute approximate surface area is 112 Å². The van der Waals surface area contributed by atoms with Gasteiger partial charge in [-0.2, -0.15) is 4.98 Å². The quantitative estimate of drug-likeness (QED) is 0.839. The average molecular weight is 264 g/mol. The van der Waals surface area contributed by atoms with E-state index in [1.54, 1.807) is 0 Å². The van der Waals surface area contributed by atoms with Crippen LogP contribution in [0.5, 0.6) is 0 Å². The van der Waals surface area contributed by atoms with Crippen molar-refractivity contribution in [3.8, 4) is 0 Å². The van der Waals surface area contributed by atoms with Crippen molar-refractivity contribution < 1.29 is 9.32 Å². The monoisotopic (exact) mass is 264 g/mol. The van der Waals surface area contributed by atoms with E-state index < -0.39 is 0 Å². The molecule has 1 aliphatic heterocycles. The van der Waals surface area contributed by atoms with Gasteiger partial charge in [0.05, 0.1) is 5.54 Å². The number of aromatic nitrogens is 2. The number of hydrogen-bond acceptors (Lipinski definition) is 5.